The second-order valence-electron chi connectivity index (χ2n) is 5.80. The minimum atomic E-state index is -0.370. The maximum atomic E-state index is 12.3. The van der Waals surface area contributed by atoms with Crippen LogP contribution in [0.3, 0.4) is 0 Å². The van der Waals surface area contributed by atoms with Gasteiger partial charge in [-0.3, -0.25) is 0 Å². The number of esters is 1. The van der Waals surface area contributed by atoms with Gasteiger partial charge in [0.1, 0.15) is 0 Å². The number of anilines is 1. The van der Waals surface area contributed by atoms with Gasteiger partial charge in [0.2, 0.25) is 0 Å². The second-order valence-corrected chi connectivity index (χ2v) is 5.80. The van der Waals surface area contributed by atoms with E-state index in [1.54, 1.807) is 30.0 Å². The molecule has 0 aromatic heterocycles. The molecule has 24 heavy (non-hydrogen) atoms. The van der Waals surface area contributed by atoms with Crippen LogP contribution in [-0.4, -0.2) is 48.8 Å². The third-order valence-electron chi connectivity index (χ3n) is 3.57. The predicted octanol–water partition coefficient (Wildman–Crippen LogP) is 2.90. The molecule has 2 rings (SSSR count). The number of carbonyl (C=O) groups excluding carboxylic acids is 2. The zero-order valence-corrected chi connectivity index (χ0v) is 14.3. The number of urea groups is 1. The van der Waals surface area contributed by atoms with Crippen molar-refractivity contribution < 1.29 is 19.1 Å². The normalized spacial score (nSPS) is 20.9. The fraction of sp³-hybridized carbons (Fsp3) is 0.444. The van der Waals surface area contributed by atoms with E-state index in [0.29, 0.717) is 25.4 Å². The van der Waals surface area contributed by atoms with Gasteiger partial charge in [0, 0.05) is 24.9 Å². The molecule has 1 aromatic carbocycles. The molecule has 1 heterocycles. The Kier molecular flexibility index (Phi) is 6.37. The number of ether oxygens (including phenoxy) is 2. The molecule has 0 bridgehead atoms. The number of nitrogens with one attached hydrogen (secondary N) is 1. The van der Waals surface area contributed by atoms with E-state index in [4.69, 9.17) is 9.47 Å². The van der Waals surface area contributed by atoms with Crippen LogP contribution < -0.4 is 5.32 Å². The topological polar surface area (TPSA) is 67.9 Å². The van der Waals surface area contributed by atoms with E-state index in [1.807, 2.05) is 26.0 Å². The highest BCUT2D eigenvalue weighted by Gasteiger charge is 2.25. The van der Waals surface area contributed by atoms with Crippen molar-refractivity contribution in [2.75, 3.05) is 25.0 Å². The molecule has 1 saturated heterocycles. The summed E-state index contributed by atoms with van der Waals surface area (Å²) in [5, 5.41) is 2.88. The fourth-order valence-corrected chi connectivity index (χ4v) is 2.58. The highest BCUT2D eigenvalue weighted by Crippen LogP contribution is 2.15. The number of benzene rings is 1. The number of hydrogen-bond acceptors (Lipinski definition) is 4. The van der Waals surface area contributed by atoms with Crippen LogP contribution in [0.25, 0.3) is 6.08 Å². The average molecular weight is 332 g/mol. The Balaban J connectivity index is 1.91. The molecule has 2 atom stereocenters. The second kappa shape index (κ2) is 8.49. The lowest BCUT2D eigenvalue weighted by Gasteiger charge is -2.35. The molecule has 6 nitrogen and oxygen atoms in total. The number of amides is 2. The molecule has 0 saturated carbocycles. The first-order valence-electron chi connectivity index (χ1n) is 8.14. The number of nitrogens with zero attached hydrogens (tertiary/aromatic N) is 1. The van der Waals surface area contributed by atoms with Gasteiger partial charge in [-0.2, -0.15) is 0 Å². The Morgan fingerprint density at radius 1 is 1.25 bits per heavy atom. The fourth-order valence-electron chi connectivity index (χ4n) is 2.58. The van der Waals surface area contributed by atoms with Crippen LogP contribution in [0.2, 0.25) is 0 Å². The molecule has 0 radical (unpaired) electrons. The summed E-state index contributed by atoms with van der Waals surface area (Å²) in [6.07, 6.45) is 3.13. The Morgan fingerprint density at radius 2 is 1.88 bits per heavy atom. The van der Waals surface area contributed by atoms with E-state index in [9.17, 15) is 9.59 Å². The van der Waals surface area contributed by atoms with E-state index in [0.717, 1.165) is 5.56 Å². The van der Waals surface area contributed by atoms with Gasteiger partial charge in [0.05, 0.1) is 18.8 Å². The molecule has 1 aromatic rings. The summed E-state index contributed by atoms with van der Waals surface area (Å²) < 4.78 is 10.5. The molecule has 1 aliphatic rings. The van der Waals surface area contributed by atoms with Crippen molar-refractivity contribution in [1.82, 2.24) is 4.90 Å². The summed E-state index contributed by atoms with van der Waals surface area (Å²) in [6.45, 7) is 7.19. The summed E-state index contributed by atoms with van der Waals surface area (Å²) >= 11 is 0. The minimum absolute atomic E-state index is 0.0369. The zero-order valence-electron chi connectivity index (χ0n) is 14.3. The van der Waals surface area contributed by atoms with E-state index < -0.39 is 0 Å². The van der Waals surface area contributed by atoms with Gasteiger partial charge in [0.25, 0.3) is 0 Å². The Hall–Kier alpha value is -2.34. The molecule has 130 valence electrons. The standard InChI is InChI=1S/C18H24N2O4/c1-4-23-17(21)10-7-15-5-8-16(9-6-15)19-18(22)20-11-13(2)24-14(3)12-20/h5-10,13-14H,4,11-12H2,1-3H3,(H,19,22)/b10-7+/t13-,14-/m0/s1. The van der Waals surface area contributed by atoms with E-state index in [1.165, 1.54) is 6.08 Å². The molecule has 0 aliphatic carbocycles. The molecule has 0 spiro atoms. The van der Waals surface area contributed by atoms with Crippen molar-refractivity contribution in [2.24, 2.45) is 0 Å². The highest BCUT2D eigenvalue weighted by atomic mass is 16.5. The lowest BCUT2D eigenvalue weighted by atomic mass is 10.2. The molecular formula is C18H24N2O4. The number of carbonyl (C=O) groups is 2. The lowest BCUT2D eigenvalue weighted by Crippen LogP contribution is -2.49. The molecule has 1 fully saturated rings. The van der Waals surface area contributed by atoms with Gasteiger partial charge in [-0.1, -0.05) is 12.1 Å². The van der Waals surface area contributed by atoms with Crippen LogP contribution in [0.15, 0.2) is 30.3 Å². The van der Waals surface area contributed by atoms with Crippen molar-refractivity contribution >= 4 is 23.8 Å². The zero-order chi connectivity index (χ0) is 17.5. The smallest absolute Gasteiger partial charge is 0.330 e. The Labute approximate surface area is 142 Å². The summed E-state index contributed by atoms with van der Waals surface area (Å²) in [5.41, 5.74) is 1.56. The van der Waals surface area contributed by atoms with Crippen molar-refractivity contribution in [3.05, 3.63) is 35.9 Å². The largest absolute Gasteiger partial charge is 0.463 e. The molecule has 2 amide bonds. The first-order valence-corrected chi connectivity index (χ1v) is 8.14. The average Bonchev–Trinajstić information content (AvgIpc) is 2.53. The quantitative estimate of drug-likeness (QED) is 0.680. The van der Waals surface area contributed by atoms with Crippen molar-refractivity contribution in [3.63, 3.8) is 0 Å². The Morgan fingerprint density at radius 3 is 2.46 bits per heavy atom. The molecule has 6 heteroatoms. The number of hydrogen-bond donors (Lipinski definition) is 1. The predicted molar refractivity (Wildman–Crippen MR) is 92.7 cm³/mol. The Bertz CT molecular complexity index is 588. The third-order valence-corrected chi connectivity index (χ3v) is 3.57. The minimum Gasteiger partial charge on any atom is -0.463 e. The molecule has 0 unspecified atom stereocenters. The SMILES string of the molecule is CCOC(=O)/C=C/c1ccc(NC(=O)N2C[C@H](C)O[C@@H](C)C2)cc1. The molecule has 1 N–H and O–H groups in total. The van der Waals surface area contributed by atoms with Crippen LogP contribution in [0, 0.1) is 0 Å². The molecular weight excluding hydrogens is 308 g/mol. The maximum Gasteiger partial charge on any atom is 0.330 e. The first-order chi connectivity index (χ1) is 11.5. The van der Waals surface area contributed by atoms with Crippen LogP contribution in [0.4, 0.5) is 10.5 Å². The summed E-state index contributed by atoms with van der Waals surface area (Å²) in [6, 6.07) is 7.13. The lowest BCUT2D eigenvalue weighted by molar-refractivity contribution is -0.137. The van der Waals surface area contributed by atoms with Crippen LogP contribution in [-0.2, 0) is 14.3 Å². The van der Waals surface area contributed by atoms with Crippen molar-refractivity contribution in [1.29, 1.82) is 0 Å². The highest BCUT2D eigenvalue weighted by molar-refractivity contribution is 5.90. The van der Waals surface area contributed by atoms with Gasteiger partial charge < -0.3 is 19.7 Å². The monoisotopic (exact) mass is 332 g/mol. The molecule has 1 aliphatic heterocycles. The van der Waals surface area contributed by atoms with E-state index >= 15 is 0 Å². The van der Waals surface area contributed by atoms with Gasteiger partial charge in [-0.15, -0.1) is 0 Å². The third kappa shape index (κ3) is 5.38. The van der Waals surface area contributed by atoms with Gasteiger partial charge in [-0.25, -0.2) is 9.59 Å². The van der Waals surface area contributed by atoms with Crippen LogP contribution in [0.1, 0.15) is 26.3 Å². The summed E-state index contributed by atoms with van der Waals surface area (Å²) in [5.74, 6) is -0.370. The van der Waals surface area contributed by atoms with Crippen LogP contribution >= 0.6 is 0 Å². The summed E-state index contributed by atoms with van der Waals surface area (Å²) in [7, 11) is 0. The van der Waals surface area contributed by atoms with Gasteiger partial charge >= 0.3 is 12.0 Å². The maximum absolute atomic E-state index is 12.3. The first kappa shape index (κ1) is 18.0. The van der Waals surface area contributed by atoms with Crippen LogP contribution in [0.5, 0.6) is 0 Å². The number of morpholine rings is 1. The summed E-state index contributed by atoms with van der Waals surface area (Å²) in [4.78, 5) is 25.3. The van der Waals surface area contributed by atoms with E-state index in [2.05, 4.69) is 5.32 Å². The van der Waals surface area contributed by atoms with E-state index in [-0.39, 0.29) is 24.2 Å². The van der Waals surface area contributed by atoms with Gasteiger partial charge in [0.15, 0.2) is 0 Å². The number of rotatable bonds is 4. The van der Waals surface area contributed by atoms with Crippen molar-refractivity contribution in [3.8, 4) is 0 Å². The van der Waals surface area contributed by atoms with Crippen molar-refractivity contribution in [2.45, 2.75) is 33.0 Å². The van der Waals surface area contributed by atoms with Gasteiger partial charge in [-0.05, 0) is 44.5 Å².